The Hall–Kier alpha value is -1.35. The van der Waals surface area contributed by atoms with Crippen molar-refractivity contribution in [1.82, 2.24) is 0 Å². The van der Waals surface area contributed by atoms with Crippen molar-refractivity contribution in [3.8, 4) is 5.75 Å². The van der Waals surface area contributed by atoms with Gasteiger partial charge in [0.25, 0.3) is 0 Å². The highest BCUT2D eigenvalue weighted by Gasteiger charge is 2.09. The lowest BCUT2D eigenvalue weighted by molar-refractivity contribution is -0.123. The first-order valence-electron chi connectivity index (χ1n) is 5.49. The second kappa shape index (κ2) is 6.28. The third kappa shape index (κ3) is 3.66. The SMILES string of the molecule is CC(C)C(=O)COc1ccccc1CCO. The van der Waals surface area contributed by atoms with Gasteiger partial charge in [-0.25, -0.2) is 0 Å². The Morgan fingerprint density at radius 1 is 1.38 bits per heavy atom. The quantitative estimate of drug-likeness (QED) is 0.798. The summed E-state index contributed by atoms with van der Waals surface area (Å²) in [6.45, 7) is 3.88. The van der Waals surface area contributed by atoms with Crippen LogP contribution in [0.4, 0.5) is 0 Å². The summed E-state index contributed by atoms with van der Waals surface area (Å²) >= 11 is 0. The molecule has 1 rings (SSSR count). The van der Waals surface area contributed by atoms with Crippen molar-refractivity contribution in [2.45, 2.75) is 20.3 Å². The molecule has 0 atom stereocenters. The molecule has 0 aliphatic carbocycles. The number of carbonyl (C=O) groups excluding carboxylic acids is 1. The molecule has 0 aliphatic heterocycles. The third-order valence-corrected chi connectivity index (χ3v) is 2.37. The summed E-state index contributed by atoms with van der Waals surface area (Å²) in [6, 6.07) is 7.46. The Balaban J connectivity index is 2.62. The standard InChI is InChI=1S/C13H18O3/c1-10(2)12(15)9-16-13-6-4-3-5-11(13)7-8-14/h3-6,10,14H,7-9H2,1-2H3. The fraction of sp³-hybridized carbons (Fsp3) is 0.462. The van der Waals surface area contributed by atoms with Crippen LogP contribution in [-0.2, 0) is 11.2 Å². The van der Waals surface area contributed by atoms with Gasteiger partial charge in [0, 0.05) is 12.5 Å². The number of aliphatic hydroxyl groups is 1. The van der Waals surface area contributed by atoms with Gasteiger partial charge in [0.2, 0.25) is 0 Å². The van der Waals surface area contributed by atoms with Gasteiger partial charge in [-0.2, -0.15) is 0 Å². The van der Waals surface area contributed by atoms with Crippen molar-refractivity contribution in [3.05, 3.63) is 29.8 Å². The van der Waals surface area contributed by atoms with Crippen LogP contribution in [0.15, 0.2) is 24.3 Å². The van der Waals surface area contributed by atoms with E-state index in [-0.39, 0.29) is 24.9 Å². The number of aliphatic hydroxyl groups excluding tert-OH is 1. The molecule has 0 bridgehead atoms. The van der Waals surface area contributed by atoms with E-state index in [1.807, 2.05) is 38.1 Å². The van der Waals surface area contributed by atoms with Gasteiger partial charge in [0.05, 0.1) is 0 Å². The summed E-state index contributed by atoms with van der Waals surface area (Å²) < 4.78 is 5.45. The number of carbonyl (C=O) groups is 1. The smallest absolute Gasteiger partial charge is 0.172 e. The average molecular weight is 222 g/mol. The Morgan fingerprint density at radius 3 is 2.69 bits per heavy atom. The van der Waals surface area contributed by atoms with Gasteiger partial charge in [-0.15, -0.1) is 0 Å². The lowest BCUT2D eigenvalue weighted by Crippen LogP contribution is -2.17. The molecule has 0 saturated heterocycles. The minimum atomic E-state index is -0.00926. The van der Waals surface area contributed by atoms with E-state index in [1.165, 1.54) is 0 Å². The summed E-state index contributed by atoms with van der Waals surface area (Å²) in [5.74, 6) is 0.759. The van der Waals surface area contributed by atoms with Gasteiger partial charge in [0.15, 0.2) is 5.78 Å². The molecule has 0 amide bonds. The molecule has 88 valence electrons. The van der Waals surface area contributed by atoms with Crippen LogP contribution in [0, 0.1) is 5.92 Å². The van der Waals surface area contributed by atoms with Crippen molar-refractivity contribution >= 4 is 5.78 Å². The van der Waals surface area contributed by atoms with Crippen LogP contribution in [0.2, 0.25) is 0 Å². The number of ketones is 1. The normalized spacial score (nSPS) is 10.5. The molecule has 1 aromatic rings. The second-order valence-electron chi connectivity index (χ2n) is 3.99. The fourth-order valence-electron chi connectivity index (χ4n) is 1.29. The second-order valence-corrected chi connectivity index (χ2v) is 3.99. The highest BCUT2D eigenvalue weighted by molar-refractivity contribution is 5.81. The number of benzene rings is 1. The topological polar surface area (TPSA) is 46.5 Å². The van der Waals surface area contributed by atoms with E-state index in [0.29, 0.717) is 12.2 Å². The zero-order chi connectivity index (χ0) is 12.0. The molecule has 0 aliphatic rings. The zero-order valence-electron chi connectivity index (χ0n) is 9.77. The summed E-state index contributed by atoms with van der Waals surface area (Å²) in [6.07, 6.45) is 0.548. The van der Waals surface area contributed by atoms with Crippen molar-refractivity contribution in [1.29, 1.82) is 0 Å². The molecule has 3 nitrogen and oxygen atoms in total. The third-order valence-electron chi connectivity index (χ3n) is 2.37. The maximum absolute atomic E-state index is 11.4. The van der Waals surface area contributed by atoms with Crippen molar-refractivity contribution in [2.75, 3.05) is 13.2 Å². The number of para-hydroxylation sites is 1. The molecule has 0 unspecified atom stereocenters. The predicted molar refractivity (Wildman–Crippen MR) is 62.6 cm³/mol. The predicted octanol–water partition coefficient (Wildman–Crippen LogP) is 1.83. The Labute approximate surface area is 96.1 Å². The van der Waals surface area contributed by atoms with Crippen LogP contribution < -0.4 is 4.74 Å². The van der Waals surface area contributed by atoms with Crippen LogP contribution in [0.25, 0.3) is 0 Å². The van der Waals surface area contributed by atoms with Gasteiger partial charge in [0.1, 0.15) is 12.4 Å². The van der Waals surface area contributed by atoms with E-state index in [9.17, 15) is 4.79 Å². The molecule has 0 radical (unpaired) electrons. The van der Waals surface area contributed by atoms with Gasteiger partial charge in [-0.1, -0.05) is 32.0 Å². The van der Waals surface area contributed by atoms with E-state index >= 15 is 0 Å². The first kappa shape index (κ1) is 12.7. The van der Waals surface area contributed by atoms with Crippen molar-refractivity contribution in [2.24, 2.45) is 5.92 Å². The average Bonchev–Trinajstić information content (AvgIpc) is 2.27. The van der Waals surface area contributed by atoms with Gasteiger partial charge in [-0.05, 0) is 18.1 Å². The first-order chi connectivity index (χ1) is 7.65. The monoisotopic (exact) mass is 222 g/mol. The lowest BCUT2D eigenvalue weighted by Gasteiger charge is -2.11. The largest absolute Gasteiger partial charge is 0.486 e. The minimum Gasteiger partial charge on any atom is -0.486 e. The summed E-state index contributed by atoms with van der Waals surface area (Å²) in [5.41, 5.74) is 0.932. The van der Waals surface area contributed by atoms with E-state index in [2.05, 4.69) is 0 Å². The fourth-order valence-corrected chi connectivity index (χ4v) is 1.29. The highest BCUT2D eigenvalue weighted by atomic mass is 16.5. The molecule has 0 saturated carbocycles. The molecule has 3 heteroatoms. The zero-order valence-corrected chi connectivity index (χ0v) is 9.77. The van der Waals surface area contributed by atoms with Crippen molar-refractivity contribution < 1.29 is 14.6 Å². The van der Waals surface area contributed by atoms with Gasteiger partial charge in [-0.3, -0.25) is 4.79 Å². The number of hydrogen-bond acceptors (Lipinski definition) is 3. The van der Waals surface area contributed by atoms with Crippen LogP contribution in [0.1, 0.15) is 19.4 Å². The number of Topliss-reactive ketones (excluding diaryl/α,β-unsaturated/α-hetero) is 1. The summed E-state index contributed by atoms with van der Waals surface area (Å²) in [7, 11) is 0. The van der Waals surface area contributed by atoms with E-state index in [4.69, 9.17) is 9.84 Å². The van der Waals surface area contributed by atoms with Crippen LogP contribution >= 0.6 is 0 Å². The molecular formula is C13H18O3. The van der Waals surface area contributed by atoms with E-state index < -0.39 is 0 Å². The molecule has 1 aromatic carbocycles. The molecule has 0 fully saturated rings. The minimum absolute atomic E-state index is 0.00926. The summed E-state index contributed by atoms with van der Waals surface area (Å²) in [5, 5.41) is 8.89. The van der Waals surface area contributed by atoms with Crippen LogP contribution in [-0.4, -0.2) is 24.1 Å². The number of hydrogen-bond donors (Lipinski definition) is 1. The van der Waals surface area contributed by atoms with E-state index in [0.717, 1.165) is 5.56 Å². The molecule has 1 N–H and O–H groups in total. The van der Waals surface area contributed by atoms with Gasteiger partial charge >= 0.3 is 0 Å². The van der Waals surface area contributed by atoms with Crippen LogP contribution in [0.3, 0.4) is 0 Å². The lowest BCUT2D eigenvalue weighted by atomic mass is 10.1. The molecular weight excluding hydrogens is 204 g/mol. The number of rotatable bonds is 6. The first-order valence-corrected chi connectivity index (χ1v) is 5.49. The molecule has 0 heterocycles. The Kier molecular flexibility index (Phi) is 4.99. The maximum Gasteiger partial charge on any atom is 0.172 e. The molecule has 0 aromatic heterocycles. The maximum atomic E-state index is 11.4. The number of ether oxygens (including phenoxy) is 1. The van der Waals surface area contributed by atoms with Crippen LogP contribution in [0.5, 0.6) is 5.75 Å². The van der Waals surface area contributed by atoms with E-state index in [1.54, 1.807) is 0 Å². The highest BCUT2D eigenvalue weighted by Crippen LogP contribution is 2.18. The van der Waals surface area contributed by atoms with Gasteiger partial charge < -0.3 is 9.84 Å². The van der Waals surface area contributed by atoms with Crippen molar-refractivity contribution in [3.63, 3.8) is 0 Å². The Morgan fingerprint density at radius 2 is 2.06 bits per heavy atom. The Bertz CT molecular complexity index is 345. The molecule has 16 heavy (non-hydrogen) atoms. The molecule has 0 spiro atoms. The summed E-state index contributed by atoms with van der Waals surface area (Å²) in [4.78, 5) is 11.4.